The van der Waals surface area contributed by atoms with Gasteiger partial charge in [0.1, 0.15) is 11.5 Å². The predicted octanol–water partition coefficient (Wildman–Crippen LogP) is 5.98. The Hall–Kier alpha value is -2.64. The monoisotopic (exact) mass is 472 g/mol. The van der Waals surface area contributed by atoms with Crippen molar-refractivity contribution in [2.75, 3.05) is 0 Å². The van der Waals surface area contributed by atoms with Gasteiger partial charge in [0, 0.05) is 0 Å². The fourth-order valence-corrected chi connectivity index (χ4v) is 1.98. The molecule has 2 rings (SSSR count). The van der Waals surface area contributed by atoms with E-state index in [1.807, 2.05) is 0 Å². The summed E-state index contributed by atoms with van der Waals surface area (Å²) in [5.41, 5.74) is -7.54. The van der Waals surface area contributed by atoms with Crippen LogP contribution in [0.4, 0.5) is 39.5 Å². The van der Waals surface area contributed by atoms with E-state index in [0.717, 1.165) is 24.3 Å². The van der Waals surface area contributed by atoms with Crippen LogP contribution < -0.4 is 4.18 Å². The number of hydrogen-bond donors (Lipinski definition) is 1. The first-order chi connectivity index (χ1) is 12.9. The quantitative estimate of drug-likeness (QED) is 0.332. The number of halogens is 9. The first-order valence-electron chi connectivity index (χ1n) is 6.98. The molecule has 0 bridgehead atoms. The molecular formula is C16H13F9O4S. The molecule has 0 aliphatic carbocycles. The smallest absolute Gasteiger partial charge is 0.508 e. The highest BCUT2D eigenvalue weighted by atomic mass is 32.2. The molecule has 1 N–H and O–H groups in total. The highest BCUT2D eigenvalue weighted by Crippen LogP contribution is 2.32. The van der Waals surface area contributed by atoms with Crippen molar-refractivity contribution in [3.05, 3.63) is 59.7 Å². The van der Waals surface area contributed by atoms with Crippen molar-refractivity contribution in [3.8, 4) is 11.5 Å². The molecule has 0 radical (unpaired) electrons. The summed E-state index contributed by atoms with van der Waals surface area (Å²) in [5.74, 6) is -1.03. The average molecular weight is 472 g/mol. The molecule has 4 nitrogen and oxygen atoms in total. The van der Waals surface area contributed by atoms with Crippen molar-refractivity contribution in [1.29, 1.82) is 0 Å². The van der Waals surface area contributed by atoms with Gasteiger partial charge in [0.15, 0.2) is 0 Å². The van der Waals surface area contributed by atoms with Gasteiger partial charge in [-0.2, -0.15) is 47.9 Å². The van der Waals surface area contributed by atoms with Crippen molar-refractivity contribution in [2.24, 2.45) is 0 Å². The number of phenolic OH excluding ortho intramolecular Hbond substituents is 1. The molecule has 0 fully saturated rings. The van der Waals surface area contributed by atoms with Gasteiger partial charge in [-0.1, -0.05) is 7.43 Å². The van der Waals surface area contributed by atoms with E-state index in [2.05, 4.69) is 4.18 Å². The molecule has 0 amide bonds. The van der Waals surface area contributed by atoms with E-state index in [1.165, 1.54) is 0 Å². The fourth-order valence-electron chi connectivity index (χ4n) is 1.52. The largest absolute Gasteiger partial charge is 0.534 e. The maximum absolute atomic E-state index is 12.1. The highest BCUT2D eigenvalue weighted by Gasteiger charge is 2.48. The Morgan fingerprint density at radius 3 is 1.30 bits per heavy atom. The Morgan fingerprint density at radius 2 is 1.00 bits per heavy atom. The molecule has 2 aromatic rings. The lowest BCUT2D eigenvalue weighted by Gasteiger charge is -2.10. The maximum Gasteiger partial charge on any atom is 0.534 e. The lowest BCUT2D eigenvalue weighted by Crippen LogP contribution is -2.28. The van der Waals surface area contributed by atoms with E-state index in [0.29, 0.717) is 24.3 Å². The summed E-state index contributed by atoms with van der Waals surface area (Å²) in [6.45, 7) is 0. The molecule has 0 aromatic heterocycles. The van der Waals surface area contributed by atoms with Crippen LogP contribution >= 0.6 is 0 Å². The van der Waals surface area contributed by atoms with Crippen LogP contribution in [0.5, 0.6) is 11.5 Å². The van der Waals surface area contributed by atoms with Crippen LogP contribution in [-0.2, 0) is 22.5 Å². The minimum Gasteiger partial charge on any atom is -0.508 e. The number of rotatable bonds is 2. The predicted molar refractivity (Wildman–Crippen MR) is 86.9 cm³/mol. The van der Waals surface area contributed by atoms with E-state index in [9.17, 15) is 47.9 Å². The molecular weight excluding hydrogens is 459 g/mol. The van der Waals surface area contributed by atoms with E-state index < -0.39 is 44.9 Å². The number of aromatic hydroxyl groups is 1. The third kappa shape index (κ3) is 8.00. The van der Waals surface area contributed by atoms with Crippen LogP contribution in [0.2, 0.25) is 0 Å². The lowest BCUT2D eigenvalue weighted by atomic mass is 10.2. The molecule has 0 saturated heterocycles. The fraction of sp³-hybridized carbons (Fsp3) is 0.250. The zero-order valence-corrected chi connectivity index (χ0v) is 14.4. The van der Waals surface area contributed by atoms with Gasteiger partial charge in [-0.15, -0.1) is 0 Å². The van der Waals surface area contributed by atoms with Crippen molar-refractivity contribution in [3.63, 3.8) is 0 Å². The second kappa shape index (κ2) is 9.45. The number of phenols is 1. The van der Waals surface area contributed by atoms with Crippen LogP contribution in [0.1, 0.15) is 18.6 Å². The zero-order chi connectivity index (χ0) is 22.7. The summed E-state index contributed by atoms with van der Waals surface area (Å²) >= 11 is 0. The Bertz CT molecular complexity index is 898. The number of alkyl halides is 9. The zero-order valence-electron chi connectivity index (χ0n) is 13.6. The van der Waals surface area contributed by atoms with Crippen molar-refractivity contribution < 1.29 is 57.2 Å². The van der Waals surface area contributed by atoms with Gasteiger partial charge in [-0.3, -0.25) is 0 Å². The van der Waals surface area contributed by atoms with Gasteiger partial charge < -0.3 is 9.29 Å². The summed E-state index contributed by atoms with van der Waals surface area (Å²) < 4.78 is 132. The second-order valence-electron chi connectivity index (χ2n) is 5.05. The molecule has 2 aromatic carbocycles. The first-order valence-corrected chi connectivity index (χ1v) is 8.38. The van der Waals surface area contributed by atoms with Crippen molar-refractivity contribution in [2.45, 2.75) is 25.3 Å². The van der Waals surface area contributed by atoms with Gasteiger partial charge in [0.05, 0.1) is 11.1 Å². The van der Waals surface area contributed by atoms with Crippen LogP contribution in [0.3, 0.4) is 0 Å². The number of hydrogen-bond acceptors (Lipinski definition) is 4. The highest BCUT2D eigenvalue weighted by molar-refractivity contribution is 7.88. The van der Waals surface area contributed by atoms with Gasteiger partial charge in [-0.25, -0.2) is 0 Å². The molecule has 0 aliphatic rings. The van der Waals surface area contributed by atoms with E-state index in [1.54, 1.807) is 0 Å². The molecule has 0 atom stereocenters. The Morgan fingerprint density at radius 1 is 0.667 bits per heavy atom. The molecule has 170 valence electrons. The van der Waals surface area contributed by atoms with E-state index in [4.69, 9.17) is 5.11 Å². The lowest BCUT2D eigenvalue weighted by molar-refractivity contribution is -0.138. The topological polar surface area (TPSA) is 63.6 Å². The summed E-state index contributed by atoms with van der Waals surface area (Å²) in [6, 6.07) is 5.43. The second-order valence-corrected chi connectivity index (χ2v) is 6.59. The summed E-state index contributed by atoms with van der Waals surface area (Å²) in [6.07, 6.45) is -9.00. The maximum atomic E-state index is 12.1. The van der Waals surface area contributed by atoms with Gasteiger partial charge in [0.25, 0.3) is 0 Å². The molecule has 0 saturated carbocycles. The standard InChI is InChI=1S/C8H4F6O3S.C7H5F3O.CH4/c9-7(10,11)5-1-3-6(4-2-5)17-18(15,16)8(12,13)14;8-7(9,10)5-1-3-6(11)4-2-5;/h1-4H;1-4,11H;1H4. The normalized spacial score (nSPS) is 12.3. The van der Waals surface area contributed by atoms with Gasteiger partial charge in [-0.05, 0) is 48.5 Å². The van der Waals surface area contributed by atoms with Crippen LogP contribution in [0, 0.1) is 0 Å². The van der Waals surface area contributed by atoms with Gasteiger partial charge in [0.2, 0.25) is 0 Å². The molecule has 14 heteroatoms. The first kappa shape index (κ1) is 27.4. The van der Waals surface area contributed by atoms with Crippen LogP contribution in [-0.4, -0.2) is 19.0 Å². The minimum atomic E-state index is -5.88. The van der Waals surface area contributed by atoms with Crippen LogP contribution in [0.25, 0.3) is 0 Å². The SMILES string of the molecule is C.O=S(=O)(Oc1ccc(C(F)(F)F)cc1)C(F)(F)F.Oc1ccc(C(F)(F)F)cc1. The Kier molecular flexibility index (Phi) is 8.62. The molecule has 0 aliphatic heterocycles. The molecule has 0 heterocycles. The Balaban J connectivity index is 0.000000603. The van der Waals surface area contributed by atoms with Crippen molar-refractivity contribution in [1.82, 2.24) is 0 Å². The molecule has 0 spiro atoms. The summed E-state index contributed by atoms with van der Waals surface area (Å²) in [4.78, 5) is 0. The van der Waals surface area contributed by atoms with E-state index >= 15 is 0 Å². The van der Waals surface area contributed by atoms with Gasteiger partial charge >= 0.3 is 28.0 Å². The number of benzene rings is 2. The summed E-state index contributed by atoms with van der Waals surface area (Å²) in [7, 11) is -5.88. The third-order valence-electron chi connectivity index (χ3n) is 2.87. The van der Waals surface area contributed by atoms with Crippen LogP contribution in [0.15, 0.2) is 48.5 Å². The average Bonchev–Trinajstić information content (AvgIpc) is 2.53. The summed E-state index contributed by atoms with van der Waals surface area (Å²) in [5, 5.41) is 8.66. The minimum absolute atomic E-state index is 0. The molecule has 0 unspecified atom stereocenters. The van der Waals surface area contributed by atoms with E-state index in [-0.39, 0.29) is 13.2 Å². The molecule has 30 heavy (non-hydrogen) atoms. The van der Waals surface area contributed by atoms with Crippen molar-refractivity contribution >= 4 is 10.1 Å². The third-order valence-corrected chi connectivity index (χ3v) is 3.84. The Labute approximate surface area is 164 Å².